The van der Waals surface area contributed by atoms with Crippen molar-refractivity contribution in [1.82, 2.24) is 9.88 Å². The van der Waals surface area contributed by atoms with Crippen molar-refractivity contribution in [2.24, 2.45) is 0 Å². The maximum atomic E-state index is 9.19. The van der Waals surface area contributed by atoms with E-state index in [-0.39, 0.29) is 11.5 Å². The van der Waals surface area contributed by atoms with E-state index in [0.29, 0.717) is 0 Å². The molecule has 0 aromatic carbocycles. The van der Waals surface area contributed by atoms with Crippen molar-refractivity contribution < 1.29 is 5.11 Å². The average Bonchev–Trinajstić information content (AvgIpc) is 2.15. The Morgan fingerprint density at radius 1 is 1.38 bits per heavy atom. The van der Waals surface area contributed by atoms with Crippen LogP contribution in [0.3, 0.4) is 0 Å². The molecule has 0 radical (unpaired) electrons. The van der Waals surface area contributed by atoms with Crippen LogP contribution in [0.1, 0.15) is 32.0 Å². The van der Waals surface area contributed by atoms with E-state index in [1.54, 1.807) is 0 Å². The lowest BCUT2D eigenvalue weighted by molar-refractivity contribution is -0.00292. The fourth-order valence-corrected chi connectivity index (χ4v) is 1.89. The first kappa shape index (κ1) is 11.6. The van der Waals surface area contributed by atoms with Gasteiger partial charge < -0.3 is 5.11 Å². The molecule has 1 fully saturated rings. The van der Waals surface area contributed by atoms with Crippen molar-refractivity contribution in [2.45, 2.75) is 38.8 Å². The second-order valence-electron chi connectivity index (χ2n) is 5.65. The molecule has 0 unspecified atom stereocenters. The van der Waals surface area contributed by atoms with Crippen LogP contribution >= 0.6 is 0 Å². The topological polar surface area (TPSA) is 36.4 Å². The summed E-state index contributed by atoms with van der Waals surface area (Å²) in [5.74, 6) is 0. The lowest BCUT2D eigenvalue weighted by Gasteiger charge is -2.35. The molecular weight excluding hydrogens is 200 g/mol. The Labute approximate surface area is 97.1 Å². The highest BCUT2D eigenvalue weighted by Gasteiger charge is 2.24. The molecule has 0 amide bonds. The molecule has 0 saturated carbocycles. The fraction of sp³-hybridized carbons (Fsp3) is 0.615. The van der Waals surface area contributed by atoms with E-state index < -0.39 is 0 Å². The van der Waals surface area contributed by atoms with E-state index >= 15 is 0 Å². The number of nitrogens with zero attached hydrogens (tertiary/aromatic N) is 2. The molecule has 88 valence electrons. The monoisotopic (exact) mass is 220 g/mol. The second-order valence-corrected chi connectivity index (χ2v) is 5.65. The van der Waals surface area contributed by atoms with Crippen LogP contribution in [-0.2, 0) is 12.0 Å². The number of hydrogen-bond acceptors (Lipinski definition) is 3. The number of aliphatic hydroxyl groups excluding tert-OH is 1. The number of aliphatic hydroxyl groups is 1. The van der Waals surface area contributed by atoms with Crippen LogP contribution in [0.25, 0.3) is 0 Å². The minimum Gasteiger partial charge on any atom is -0.390 e. The third-order valence-corrected chi connectivity index (χ3v) is 2.94. The number of pyridine rings is 1. The third kappa shape index (κ3) is 2.60. The van der Waals surface area contributed by atoms with Gasteiger partial charge in [0.05, 0.1) is 6.10 Å². The number of likely N-dealkylation sites (tertiary alicyclic amines) is 1. The Morgan fingerprint density at radius 2 is 2.06 bits per heavy atom. The maximum Gasteiger partial charge on any atom is 0.0794 e. The maximum absolute atomic E-state index is 9.19. The first-order chi connectivity index (χ1) is 7.45. The van der Waals surface area contributed by atoms with Gasteiger partial charge in [0.15, 0.2) is 0 Å². The molecule has 1 aromatic heterocycles. The molecular formula is C13H20N2O. The zero-order chi connectivity index (χ0) is 11.8. The van der Waals surface area contributed by atoms with Gasteiger partial charge in [-0.2, -0.15) is 0 Å². The standard InChI is InChI=1S/C13H20N2O/c1-13(2,3)12-5-4-10(6-14-12)7-15-8-11(16)9-15/h4-6,11,16H,7-9H2,1-3H3. The largest absolute Gasteiger partial charge is 0.390 e. The van der Waals surface area contributed by atoms with E-state index in [9.17, 15) is 5.11 Å². The summed E-state index contributed by atoms with van der Waals surface area (Å²) in [4.78, 5) is 6.71. The van der Waals surface area contributed by atoms with Gasteiger partial charge in [0.25, 0.3) is 0 Å². The van der Waals surface area contributed by atoms with Crippen molar-refractivity contribution in [2.75, 3.05) is 13.1 Å². The highest BCUT2D eigenvalue weighted by Crippen LogP contribution is 2.20. The molecule has 3 heteroatoms. The normalized spacial score (nSPS) is 18.5. The van der Waals surface area contributed by atoms with Crippen molar-refractivity contribution >= 4 is 0 Å². The summed E-state index contributed by atoms with van der Waals surface area (Å²) in [5, 5.41) is 9.19. The lowest BCUT2D eigenvalue weighted by Crippen LogP contribution is -2.49. The Morgan fingerprint density at radius 3 is 2.50 bits per heavy atom. The minimum atomic E-state index is -0.123. The van der Waals surface area contributed by atoms with E-state index in [1.807, 2.05) is 6.20 Å². The van der Waals surface area contributed by atoms with Crippen LogP contribution in [0.4, 0.5) is 0 Å². The van der Waals surface area contributed by atoms with Crippen LogP contribution in [-0.4, -0.2) is 34.2 Å². The van der Waals surface area contributed by atoms with Gasteiger partial charge in [-0.1, -0.05) is 26.8 Å². The molecule has 16 heavy (non-hydrogen) atoms. The summed E-state index contributed by atoms with van der Waals surface area (Å²) in [6, 6.07) is 4.24. The Hall–Kier alpha value is -0.930. The van der Waals surface area contributed by atoms with Gasteiger partial charge in [-0.05, 0) is 11.6 Å². The van der Waals surface area contributed by atoms with E-state index in [1.165, 1.54) is 5.56 Å². The first-order valence-corrected chi connectivity index (χ1v) is 5.81. The van der Waals surface area contributed by atoms with Gasteiger partial charge >= 0.3 is 0 Å². The zero-order valence-electron chi connectivity index (χ0n) is 10.3. The van der Waals surface area contributed by atoms with Gasteiger partial charge in [-0.25, -0.2) is 0 Å². The van der Waals surface area contributed by atoms with Crippen LogP contribution in [0, 0.1) is 0 Å². The van der Waals surface area contributed by atoms with Gasteiger partial charge in [0.1, 0.15) is 0 Å². The van der Waals surface area contributed by atoms with E-state index in [2.05, 4.69) is 42.8 Å². The van der Waals surface area contributed by atoms with Gasteiger partial charge in [-0.15, -0.1) is 0 Å². The van der Waals surface area contributed by atoms with Crippen molar-refractivity contribution in [3.8, 4) is 0 Å². The molecule has 3 nitrogen and oxygen atoms in total. The first-order valence-electron chi connectivity index (χ1n) is 5.81. The Kier molecular flexibility index (Phi) is 3.00. The molecule has 2 heterocycles. The SMILES string of the molecule is CC(C)(C)c1ccc(CN2CC(O)C2)cn1. The van der Waals surface area contributed by atoms with Gasteiger partial charge in [-0.3, -0.25) is 9.88 Å². The summed E-state index contributed by atoms with van der Waals surface area (Å²) >= 11 is 0. The molecule has 0 spiro atoms. The highest BCUT2D eigenvalue weighted by molar-refractivity contribution is 5.19. The van der Waals surface area contributed by atoms with Gasteiger partial charge in [0, 0.05) is 36.9 Å². The minimum absolute atomic E-state index is 0.117. The van der Waals surface area contributed by atoms with E-state index in [4.69, 9.17) is 0 Å². The smallest absolute Gasteiger partial charge is 0.0794 e. The molecule has 1 saturated heterocycles. The highest BCUT2D eigenvalue weighted by atomic mass is 16.3. The molecule has 0 bridgehead atoms. The number of hydrogen-bond donors (Lipinski definition) is 1. The number of rotatable bonds is 2. The molecule has 1 aliphatic rings. The molecule has 1 N–H and O–H groups in total. The van der Waals surface area contributed by atoms with Crippen molar-refractivity contribution in [1.29, 1.82) is 0 Å². The quantitative estimate of drug-likeness (QED) is 0.821. The molecule has 0 aliphatic carbocycles. The number of aromatic nitrogens is 1. The lowest BCUT2D eigenvalue weighted by atomic mass is 9.91. The Balaban J connectivity index is 1.97. The summed E-state index contributed by atoms with van der Waals surface area (Å²) in [6.07, 6.45) is 1.83. The summed E-state index contributed by atoms with van der Waals surface area (Å²) in [7, 11) is 0. The zero-order valence-corrected chi connectivity index (χ0v) is 10.3. The van der Waals surface area contributed by atoms with Crippen LogP contribution in [0.15, 0.2) is 18.3 Å². The fourth-order valence-electron chi connectivity index (χ4n) is 1.89. The molecule has 1 aliphatic heterocycles. The summed E-state index contributed by atoms with van der Waals surface area (Å²) in [5.41, 5.74) is 2.46. The predicted molar refractivity (Wildman–Crippen MR) is 64.2 cm³/mol. The third-order valence-electron chi connectivity index (χ3n) is 2.94. The second kappa shape index (κ2) is 4.15. The van der Waals surface area contributed by atoms with Gasteiger partial charge in [0.2, 0.25) is 0 Å². The van der Waals surface area contributed by atoms with E-state index in [0.717, 1.165) is 25.3 Å². The predicted octanol–water partition coefficient (Wildman–Crippen LogP) is 1.56. The average molecular weight is 220 g/mol. The Bertz CT molecular complexity index is 347. The van der Waals surface area contributed by atoms with Crippen LogP contribution < -0.4 is 0 Å². The van der Waals surface area contributed by atoms with Crippen molar-refractivity contribution in [3.05, 3.63) is 29.6 Å². The molecule has 1 aromatic rings. The van der Waals surface area contributed by atoms with Crippen LogP contribution in [0.2, 0.25) is 0 Å². The number of β-amino-alcohol motifs (C(OH)–C–C–N with tert-alkyl or cyclic N) is 1. The summed E-state index contributed by atoms with van der Waals surface area (Å²) in [6.45, 7) is 8.99. The van der Waals surface area contributed by atoms with Crippen molar-refractivity contribution in [3.63, 3.8) is 0 Å². The molecule has 2 rings (SSSR count). The summed E-state index contributed by atoms with van der Waals surface area (Å²) < 4.78 is 0. The molecule has 0 atom stereocenters. The van der Waals surface area contributed by atoms with Crippen LogP contribution in [0.5, 0.6) is 0 Å².